The molecule has 0 radical (unpaired) electrons. The molecule has 0 aromatic carbocycles. The van der Waals surface area contributed by atoms with E-state index in [1.165, 1.54) is 17.8 Å². The summed E-state index contributed by atoms with van der Waals surface area (Å²) in [5, 5.41) is 8.66. The van der Waals surface area contributed by atoms with Crippen LogP contribution in [0, 0.1) is 0 Å². The molecule has 2 rings (SSSR count). The van der Waals surface area contributed by atoms with Crippen LogP contribution in [-0.4, -0.2) is 40.9 Å². The first kappa shape index (κ1) is 12.2. The summed E-state index contributed by atoms with van der Waals surface area (Å²) in [6, 6.07) is -0.948. The van der Waals surface area contributed by atoms with E-state index < -0.39 is 23.4 Å². The van der Waals surface area contributed by atoms with Crippen molar-refractivity contribution < 1.29 is 24.2 Å². The average Bonchev–Trinajstić information content (AvgIpc) is 2.66. The lowest BCUT2D eigenvalue weighted by atomic mass is 10.2. The molecule has 0 amide bonds. The molecule has 7 heteroatoms. The number of carbonyl (C=O) groups excluding carboxylic acids is 1. The highest BCUT2D eigenvalue weighted by Gasteiger charge is 2.31. The third-order valence-corrected chi connectivity index (χ3v) is 3.53. The van der Waals surface area contributed by atoms with Crippen LogP contribution in [0.25, 0.3) is 0 Å². The second kappa shape index (κ2) is 4.91. The van der Waals surface area contributed by atoms with Crippen molar-refractivity contribution >= 4 is 23.7 Å². The lowest BCUT2D eigenvalue weighted by Gasteiger charge is -2.22. The molecule has 0 aromatic heterocycles. The summed E-state index contributed by atoms with van der Waals surface area (Å²) in [4.78, 5) is 21.6. The van der Waals surface area contributed by atoms with Gasteiger partial charge in [0.1, 0.15) is 17.2 Å². The molecule has 0 spiro atoms. The third-order valence-electron chi connectivity index (χ3n) is 2.28. The molecule has 17 heavy (non-hydrogen) atoms. The van der Waals surface area contributed by atoms with E-state index in [4.69, 9.17) is 20.3 Å². The quantitative estimate of drug-likeness (QED) is 0.676. The second-order valence-corrected chi connectivity index (χ2v) is 4.63. The predicted molar refractivity (Wildman–Crippen MR) is 60.1 cm³/mol. The van der Waals surface area contributed by atoms with Gasteiger partial charge in [0, 0.05) is 17.4 Å². The van der Waals surface area contributed by atoms with Crippen molar-refractivity contribution in [2.75, 3.05) is 12.4 Å². The molecule has 0 aromatic rings. The van der Waals surface area contributed by atoms with Crippen molar-refractivity contribution in [3.05, 3.63) is 23.5 Å². The van der Waals surface area contributed by atoms with Crippen molar-refractivity contribution in [1.82, 2.24) is 0 Å². The number of hydrogen-bond donors (Lipinski definition) is 2. The summed E-state index contributed by atoms with van der Waals surface area (Å²) in [6.07, 6.45) is 3.03. The highest BCUT2D eigenvalue weighted by Crippen LogP contribution is 2.34. The first-order chi connectivity index (χ1) is 8.08. The maximum Gasteiger partial charge on any atom is 0.336 e. The van der Waals surface area contributed by atoms with Gasteiger partial charge in [-0.25, -0.2) is 4.79 Å². The Bertz CT molecular complexity index is 417. The van der Waals surface area contributed by atoms with E-state index in [9.17, 15) is 9.59 Å². The Morgan fingerprint density at radius 1 is 1.71 bits per heavy atom. The Kier molecular flexibility index (Phi) is 3.51. The number of thioether (sulfide) groups is 1. The summed E-state index contributed by atoms with van der Waals surface area (Å²) in [6.45, 7) is 0.333. The fourth-order valence-corrected chi connectivity index (χ4v) is 2.50. The Labute approximate surface area is 101 Å². The van der Waals surface area contributed by atoms with Crippen molar-refractivity contribution in [2.45, 2.75) is 11.5 Å². The van der Waals surface area contributed by atoms with Gasteiger partial charge in [-0.2, -0.15) is 0 Å². The average molecular weight is 257 g/mol. The van der Waals surface area contributed by atoms with Crippen LogP contribution in [0.4, 0.5) is 0 Å². The largest absolute Gasteiger partial charge is 0.480 e. The van der Waals surface area contributed by atoms with Gasteiger partial charge in [-0.1, -0.05) is 0 Å². The highest BCUT2D eigenvalue weighted by molar-refractivity contribution is 8.00. The number of aliphatic carboxylic acids is 1. The molecular weight excluding hydrogens is 246 g/mol. The number of nitrogens with two attached hydrogens (primary N) is 1. The van der Waals surface area contributed by atoms with Gasteiger partial charge in [-0.05, 0) is 6.08 Å². The third kappa shape index (κ3) is 2.68. The number of carbonyl (C=O) groups is 2. The lowest BCUT2D eigenvalue weighted by Crippen LogP contribution is -2.34. The van der Waals surface area contributed by atoms with E-state index in [2.05, 4.69) is 0 Å². The first-order valence-electron chi connectivity index (χ1n) is 4.93. The Morgan fingerprint density at radius 3 is 3.18 bits per heavy atom. The van der Waals surface area contributed by atoms with E-state index in [-0.39, 0.29) is 5.75 Å². The van der Waals surface area contributed by atoms with E-state index >= 15 is 0 Å². The number of carboxylic acid groups (broad SMARTS) is 1. The standard InChI is InChI=1S/C10H11NO5S/c11-6(9(13)14)4-17-10-5-3-8(12)16-7(5)1-2-15-10/h1,3,6,10H,2,4,11H2,(H,13,14)/t6-,10?/m0/s1. The van der Waals surface area contributed by atoms with E-state index in [1.807, 2.05) is 0 Å². The van der Waals surface area contributed by atoms with Gasteiger partial charge in [-0.15, -0.1) is 11.8 Å². The first-order valence-corrected chi connectivity index (χ1v) is 5.98. The smallest absolute Gasteiger partial charge is 0.336 e. The van der Waals surface area contributed by atoms with Crippen LogP contribution in [-0.2, 0) is 19.1 Å². The number of carboxylic acids is 1. The van der Waals surface area contributed by atoms with Crippen molar-refractivity contribution in [2.24, 2.45) is 5.73 Å². The zero-order chi connectivity index (χ0) is 12.4. The van der Waals surface area contributed by atoms with Crippen LogP contribution >= 0.6 is 11.8 Å². The molecule has 6 nitrogen and oxygen atoms in total. The summed E-state index contributed by atoms with van der Waals surface area (Å²) in [5.41, 5.74) is 5.64. The van der Waals surface area contributed by atoms with Crippen molar-refractivity contribution in [3.63, 3.8) is 0 Å². The predicted octanol–water partition coefficient (Wildman–Crippen LogP) is -0.145. The molecule has 3 N–H and O–H groups in total. The number of hydrogen-bond acceptors (Lipinski definition) is 6. The minimum absolute atomic E-state index is 0.207. The number of esters is 1. The minimum atomic E-state index is -1.06. The van der Waals surface area contributed by atoms with Gasteiger partial charge in [0.15, 0.2) is 0 Å². The van der Waals surface area contributed by atoms with Gasteiger partial charge in [0.05, 0.1) is 6.61 Å². The molecule has 2 aliphatic rings. The van der Waals surface area contributed by atoms with Crippen LogP contribution in [0.1, 0.15) is 0 Å². The van der Waals surface area contributed by atoms with E-state index in [1.54, 1.807) is 6.08 Å². The molecular formula is C10H11NO5S. The van der Waals surface area contributed by atoms with E-state index in [0.717, 1.165) is 0 Å². The number of rotatable bonds is 4. The molecule has 2 atom stereocenters. The zero-order valence-electron chi connectivity index (χ0n) is 8.79. The molecule has 0 saturated carbocycles. The fourth-order valence-electron chi connectivity index (χ4n) is 1.44. The molecule has 0 bridgehead atoms. The number of fused-ring (bicyclic) bond motifs is 1. The second-order valence-electron chi connectivity index (χ2n) is 3.53. The van der Waals surface area contributed by atoms with Crippen LogP contribution < -0.4 is 5.73 Å². The van der Waals surface area contributed by atoms with Gasteiger partial charge in [0.2, 0.25) is 0 Å². The minimum Gasteiger partial charge on any atom is -0.480 e. The molecule has 0 fully saturated rings. The summed E-state index contributed by atoms with van der Waals surface area (Å²) in [5.74, 6) is -0.775. The summed E-state index contributed by atoms with van der Waals surface area (Å²) in [7, 11) is 0. The van der Waals surface area contributed by atoms with Crippen LogP contribution in [0.15, 0.2) is 23.5 Å². The SMILES string of the molecule is N[C@@H](CSC1OCC=C2OC(=O)C=C21)C(=O)O. The summed E-state index contributed by atoms with van der Waals surface area (Å²) < 4.78 is 10.3. The molecule has 2 heterocycles. The van der Waals surface area contributed by atoms with Gasteiger partial charge < -0.3 is 20.3 Å². The topological polar surface area (TPSA) is 98.9 Å². The normalized spacial score (nSPS) is 24.5. The van der Waals surface area contributed by atoms with Gasteiger partial charge in [-0.3, -0.25) is 4.79 Å². The van der Waals surface area contributed by atoms with Crippen LogP contribution in [0.3, 0.4) is 0 Å². The molecule has 0 aliphatic carbocycles. The molecule has 2 aliphatic heterocycles. The number of ether oxygens (including phenoxy) is 2. The van der Waals surface area contributed by atoms with Crippen molar-refractivity contribution in [3.8, 4) is 0 Å². The van der Waals surface area contributed by atoms with Crippen molar-refractivity contribution in [1.29, 1.82) is 0 Å². The molecule has 1 unspecified atom stereocenters. The van der Waals surface area contributed by atoms with Crippen LogP contribution in [0.2, 0.25) is 0 Å². The maximum atomic E-state index is 11.1. The van der Waals surface area contributed by atoms with Gasteiger partial charge in [0.25, 0.3) is 0 Å². The monoisotopic (exact) mass is 257 g/mol. The Hall–Kier alpha value is -1.31. The maximum absolute atomic E-state index is 11.1. The Balaban J connectivity index is 1.98. The highest BCUT2D eigenvalue weighted by atomic mass is 32.2. The summed E-state index contributed by atoms with van der Waals surface area (Å²) >= 11 is 1.24. The fraction of sp³-hybridized carbons (Fsp3) is 0.400. The van der Waals surface area contributed by atoms with Crippen LogP contribution in [0.5, 0.6) is 0 Å². The van der Waals surface area contributed by atoms with E-state index in [0.29, 0.717) is 17.9 Å². The lowest BCUT2D eigenvalue weighted by molar-refractivity contribution is -0.138. The van der Waals surface area contributed by atoms with Gasteiger partial charge >= 0.3 is 11.9 Å². The molecule has 92 valence electrons. The molecule has 0 saturated heterocycles. The zero-order valence-corrected chi connectivity index (χ0v) is 9.61. The Morgan fingerprint density at radius 2 is 2.47 bits per heavy atom.